The van der Waals surface area contributed by atoms with Crippen molar-refractivity contribution < 1.29 is 4.74 Å². The fourth-order valence-electron chi connectivity index (χ4n) is 1.73. The Hall–Kier alpha value is -1.06. The minimum absolute atomic E-state index is 0.463. The number of halogens is 1. The van der Waals surface area contributed by atoms with Crippen LogP contribution >= 0.6 is 22.9 Å². The van der Waals surface area contributed by atoms with Crippen LogP contribution in [-0.4, -0.2) is 12.1 Å². The van der Waals surface area contributed by atoms with E-state index in [0.717, 1.165) is 27.6 Å². The molecular formula is C13H14ClNOS. The van der Waals surface area contributed by atoms with Crippen molar-refractivity contribution in [2.75, 3.05) is 7.11 Å². The van der Waals surface area contributed by atoms with E-state index in [1.807, 2.05) is 18.4 Å². The summed E-state index contributed by atoms with van der Waals surface area (Å²) >= 11 is 7.40. The van der Waals surface area contributed by atoms with Crippen LogP contribution in [0.15, 0.2) is 17.5 Å². The number of alkyl halides is 1. The van der Waals surface area contributed by atoms with E-state index in [-0.39, 0.29) is 0 Å². The Morgan fingerprint density at radius 3 is 2.65 bits per heavy atom. The van der Waals surface area contributed by atoms with Crippen LogP contribution in [0.25, 0.3) is 10.6 Å². The first kappa shape index (κ1) is 12.4. The zero-order valence-corrected chi connectivity index (χ0v) is 11.7. The Bertz CT molecular complexity index is 536. The molecule has 2 aromatic rings. The quantitative estimate of drug-likeness (QED) is 0.779. The molecule has 90 valence electrons. The van der Waals surface area contributed by atoms with Gasteiger partial charge in [0.2, 0.25) is 0 Å². The van der Waals surface area contributed by atoms with Gasteiger partial charge in [0.05, 0.1) is 18.7 Å². The van der Waals surface area contributed by atoms with Gasteiger partial charge in [0.15, 0.2) is 0 Å². The van der Waals surface area contributed by atoms with Crippen molar-refractivity contribution in [2.45, 2.75) is 19.7 Å². The fraction of sp³-hybridized carbons (Fsp3) is 0.308. The lowest BCUT2D eigenvalue weighted by molar-refractivity contribution is 0.411. The van der Waals surface area contributed by atoms with Crippen molar-refractivity contribution in [3.63, 3.8) is 0 Å². The van der Waals surface area contributed by atoms with E-state index < -0.39 is 0 Å². The molecule has 1 aromatic heterocycles. The van der Waals surface area contributed by atoms with Crippen LogP contribution < -0.4 is 4.74 Å². The van der Waals surface area contributed by atoms with Gasteiger partial charge < -0.3 is 4.74 Å². The molecule has 0 aliphatic carbocycles. The van der Waals surface area contributed by atoms with Crippen molar-refractivity contribution in [3.8, 4) is 16.3 Å². The SMILES string of the molecule is COc1cc(C)c(-c2nc(CCl)cs2)cc1C. The van der Waals surface area contributed by atoms with E-state index in [0.29, 0.717) is 5.88 Å². The molecule has 4 heteroatoms. The van der Waals surface area contributed by atoms with Gasteiger partial charge in [0.25, 0.3) is 0 Å². The average molecular weight is 268 g/mol. The Kier molecular flexibility index (Phi) is 3.69. The van der Waals surface area contributed by atoms with Gasteiger partial charge in [0.1, 0.15) is 10.8 Å². The maximum atomic E-state index is 5.77. The van der Waals surface area contributed by atoms with Crippen LogP contribution in [0, 0.1) is 13.8 Å². The first-order chi connectivity index (χ1) is 8.15. The Morgan fingerprint density at radius 1 is 1.29 bits per heavy atom. The number of hydrogen-bond acceptors (Lipinski definition) is 3. The highest BCUT2D eigenvalue weighted by Crippen LogP contribution is 2.32. The molecule has 1 aromatic carbocycles. The molecule has 0 amide bonds. The largest absolute Gasteiger partial charge is 0.496 e. The molecule has 0 N–H and O–H groups in total. The van der Waals surface area contributed by atoms with Crippen LogP contribution in [0.2, 0.25) is 0 Å². The summed E-state index contributed by atoms with van der Waals surface area (Å²) in [5.74, 6) is 1.38. The third-order valence-electron chi connectivity index (χ3n) is 2.66. The van der Waals surface area contributed by atoms with Crippen molar-refractivity contribution in [1.82, 2.24) is 4.98 Å². The van der Waals surface area contributed by atoms with E-state index in [2.05, 4.69) is 18.0 Å². The van der Waals surface area contributed by atoms with Crippen molar-refractivity contribution >= 4 is 22.9 Å². The molecule has 2 rings (SSSR count). The van der Waals surface area contributed by atoms with Gasteiger partial charge in [-0.3, -0.25) is 0 Å². The molecule has 0 radical (unpaired) electrons. The highest BCUT2D eigenvalue weighted by atomic mass is 35.5. The lowest BCUT2D eigenvalue weighted by Crippen LogP contribution is -1.91. The molecule has 2 nitrogen and oxygen atoms in total. The third kappa shape index (κ3) is 2.45. The van der Waals surface area contributed by atoms with Crippen LogP contribution in [0.1, 0.15) is 16.8 Å². The van der Waals surface area contributed by atoms with Gasteiger partial charge >= 0.3 is 0 Å². The number of ether oxygens (including phenoxy) is 1. The van der Waals surface area contributed by atoms with Crippen LogP contribution in [-0.2, 0) is 5.88 Å². The van der Waals surface area contributed by atoms with E-state index in [4.69, 9.17) is 16.3 Å². The normalized spacial score (nSPS) is 10.6. The molecule has 0 unspecified atom stereocenters. The summed E-state index contributed by atoms with van der Waals surface area (Å²) in [6, 6.07) is 4.16. The third-order valence-corrected chi connectivity index (χ3v) is 3.86. The molecular weight excluding hydrogens is 254 g/mol. The number of thiazole rings is 1. The van der Waals surface area contributed by atoms with E-state index in [1.165, 1.54) is 5.56 Å². The van der Waals surface area contributed by atoms with E-state index in [1.54, 1.807) is 18.4 Å². The highest BCUT2D eigenvalue weighted by Gasteiger charge is 2.10. The number of rotatable bonds is 3. The summed E-state index contributed by atoms with van der Waals surface area (Å²) in [4.78, 5) is 4.50. The van der Waals surface area contributed by atoms with Crippen LogP contribution in [0.5, 0.6) is 5.75 Å². The summed E-state index contributed by atoms with van der Waals surface area (Å²) in [5.41, 5.74) is 4.38. The summed E-state index contributed by atoms with van der Waals surface area (Å²) in [7, 11) is 1.69. The maximum Gasteiger partial charge on any atom is 0.123 e. The topological polar surface area (TPSA) is 22.1 Å². The summed E-state index contributed by atoms with van der Waals surface area (Å²) < 4.78 is 5.30. The van der Waals surface area contributed by atoms with Crippen molar-refractivity contribution in [1.29, 1.82) is 0 Å². The molecule has 0 aliphatic heterocycles. The second-order valence-electron chi connectivity index (χ2n) is 3.91. The standard InChI is InChI=1S/C13H14ClNOS/c1-8-5-12(16-3)9(2)4-11(8)13-15-10(6-14)7-17-13/h4-5,7H,6H2,1-3H3. The van der Waals surface area contributed by atoms with Gasteiger partial charge in [0, 0.05) is 10.9 Å². The number of nitrogens with zero attached hydrogens (tertiary/aromatic N) is 1. The van der Waals surface area contributed by atoms with Gasteiger partial charge in [-0.05, 0) is 37.1 Å². The lowest BCUT2D eigenvalue weighted by atomic mass is 10.1. The van der Waals surface area contributed by atoms with Gasteiger partial charge in [-0.2, -0.15) is 0 Å². The van der Waals surface area contributed by atoms with Gasteiger partial charge in [-0.25, -0.2) is 4.98 Å². The summed E-state index contributed by atoms with van der Waals surface area (Å²) in [6.07, 6.45) is 0. The lowest BCUT2D eigenvalue weighted by Gasteiger charge is -2.09. The van der Waals surface area contributed by atoms with Crippen LogP contribution in [0.4, 0.5) is 0 Å². The van der Waals surface area contributed by atoms with Gasteiger partial charge in [-0.15, -0.1) is 22.9 Å². The molecule has 1 heterocycles. The highest BCUT2D eigenvalue weighted by molar-refractivity contribution is 7.13. The Morgan fingerprint density at radius 2 is 2.06 bits per heavy atom. The number of methoxy groups -OCH3 is 1. The predicted octanol–water partition coefficient (Wildman–Crippen LogP) is 4.17. The maximum absolute atomic E-state index is 5.77. The molecule has 0 aliphatic rings. The first-order valence-corrected chi connectivity index (χ1v) is 6.73. The van der Waals surface area contributed by atoms with Crippen LogP contribution in [0.3, 0.4) is 0 Å². The smallest absolute Gasteiger partial charge is 0.123 e. The van der Waals surface area contributed by atoms with E-state index >= 15 is 0 Å². The van der Waals surface area contributed by atoms with E-state index in [9.17, 15) is 0 Å². The molecule has 17 heavy (non-hydrogen) atoms. The number of aromatic nitrogens is 1. The van der Waals surface area contributed by atoms with Crippen molar-refractivity contribution in [2.24, 2.45) is 0 Å². The Balaban J connectivity index is 2.48. The molecule has 0 saturated carbocycles. The van der Waals surface area contributed by atoms with Gasteiger partial charge in [-0.1, -0.05) is 0 Å². The zero-order chi connectivity index (χ0) is 12.4. The minimum Gasteiger partial charge on any atom is -0.496 e. The molecule has 0 atom stereocenters. The number of hydrogen-bond donors (Lipinski definition) is 0. The molecule has 0 bridgehead atoms. The summed E-state index contributed by atoms with van der Waals surface area (Å²) in [6.45, 7) is 4.11. The summed E-state index contributed by atoms with van der Waals surface area (Å²) in [5, 5.41) is 3.02. The fourth-order valence-corrected chi connectivity index (χ4v) is 2.86. The minimum atomic E-state index is 0.463. The number of aryl methyl sites for hydroxylation is 2. The zero-order valence-electron chi connectivity index (χ0n) is 10.1. The first-order valence-electron chi connectivity index (χ1n) is 5.31. The number of benzene rings is 1. The van der Waals surface area contributed by atoms with Crippen molar-refractivity contribution in [3.05, 3.63) is 34.3 Å². The molecule has 0 saturated heterocycles. The molecule has 0 spiro atoms. The predicted molar refractivity (Wildman–Crippen MR) is 73.1 cm³/mol. The molecule has 0 fully saturated rings. The monoisotopic (exact) mass is 267 g/mol. The average Bonchev–Trinajstić information content (AvgIpc) is 2.80. The second-order valence-corrected chi connectivity index (χ2v) is 5.04. The Labute approximate surface area is 110 Å². The second kappa shape index (κ2) is 5.07.